The molecule has 0 amide bonds. The first kappa shape index (κ1) is 17.9. The number of nitrogens with zero attached hydrogens (tertiary/aromatic N) is 3. The standard InChI is InChI=1S/C18H23N3O3S2/c1-26(22,23)21-6-2-3-15-11-14(4-5-17(15)21)16-13-25-18(19-16)12-20-7-9-24-10-8-20/h4-5,11,13H,2-3,6-10,12H2,1H3. The van der Waals surface area contributed by atoms with E-state index in [0.717, 1.165) is 73.2 Å². The van der Waals surface area contributed by atoms with Gasteiger partial charge in [-0.2, -0.15) is 0 Å². The molecule has 0 spiro atoms. The summed E-state index contributed by atoms with van der Waals surface area (Å²) < 4.78 is 30.9. The summed E-state index contributed by atoms with van der Waals surface area (Å²) >= 11 is 1.68. The SMILES string of the molecule is CS(=O)(=O)N1CCCc2cc(-c3csc(CN4CCOCC4)n3)ccc21. The summed E-state index contributed by atoms with van der Waals surface area (Å²) in [6.45, 7) is 4.91. The zero-order valence-electron chi connectivity index (χ0n) is 14.8. The highest BCUT2D eigenvalue weighted by atomic mass is 32.2. The summed E-state index contributed by atoms with van der Waals surface area (Å²) in [6, 6.07) is 6.00. The molecule has 140 valence electrons. The maximum absolute atomic E-state index is 12.0. The van der Waals surface area contributed by atoms with Crippen LogP contribution in [0.1, 0.15) is 17.0 Å². The van der Waals surface area contributed by atoms with Crippen LogP contribution in [0.4, 0.5) is 5.69 Å². The lowest BCUT2D eigenvalue weighted by atomic mass is 10.00. The Labute approximate surface area is 158 Å². The van der Waals surface area contributed by atoms with Crippen LogP contribution in [0, 0.1) is 0 Å². The Bertz CT molecular complexity index is 889. The van der Waals surface area contributed by atoms with Gasteiger partial charge in [0.05, 0.1) is 37.4 Å². The third-order valence-corrected chi connectivity index (χ3v) is 6.88. The number of ether oxygens (including phenoxy) is 1. The van der Waals surface area contributed by atoms with Crippen molar-refractivity contribution in [3.8, 4) is 11.3 Å². The molecule has 1 fully saturated rings. The second kappa shape index (κ2) is 7.26. The lowest BCUT2D eigenvalue weighted by molar-refractivity contribution is 0.0342. The fourth-order valence-electron chi connectivity index (χ4n) is 3.53. The monoisotopic (exact) mass is 393 g/mol. The quantitative estimate of drug-likeness (QED) is 0.798. The molecule has 2 aliphatic heterocycles. The van der Waals surface area contributed by atoms with Crippen LogP contribution in [0.3, 0.4) is 0 Å². The summed E-state index contributed by atoms with van der Waals surface area (Å²) in [5.74, 6) is 0. The number of sulfonamides is 1. The van der Waals surface area contributed by atoms with Gasteiger partial charge in [0, 0.05) is 30.6 Å². The Balaban J connectivity index is 1.55. The molecule has 1 saturated heterocycles. The van der Waals surface area contributed by atoms with Crippen molar-refractivity contribution in [3.63, 3.8) is 0 Å². The van der Waals surface area contributed by atoms with Crippen LogP contribution in [0.5, 0.6) is 0 Å². The molecule has 2 aliphatic rings. The van der Waals surface area contributed by atoms with E-state index in [1.165, 1.54) is 10.6 Å². The number of fused-ring (bicyclic) bond motifs is 1. The van der Waals surface area contributed by atoms with Crippen molar-refractivity contribution in [2.45, 2.75) is 19.4 Å². The number of thiazole rings is 1. The number of hydrogen-bond donors (Lipinski definition) is 0. The Hall–Kier alpha value is -1.48. The van der Waals surface area contributed by atoms with E-state index in [-0.39, 0.29) is 0 Å². The Morgan fingerprint density at radius 2 is 2.04 bits per heavy atom. The third-order valence-electron chi connectivity index (χ3n) is 4.87. The molecule has 0 bridgehead atoms. The van der Waals surface area contributed by atoms with E-state index in [9.17, 15) is 8.42 Å². The minimum absolute atomic E-state index is 0.561. The second-order valence-corrected chi connectivity index (χ2v) is 9.65. The number of benzene rings is 1. The van der Waals surface area contributed by atoms with E-state index in [1.54, 1.807) is 11.3 Å². The van der Waals surface area contributed by atoms with Gasteiger partial charge in [0.25, 0.3) is 0 Å². The molecule has 0 radical (unpaired) electrons. The van der Waals surface area contributed by atoms with Crippen LogP contribution >= 0.6 is 11.3 Å². The van der Waals surface area contributed by atoms with Gasteiger partial charge in [0.1, 0.15) is 5.01 Å². The molecular formula is C18H23N3O3S2. The van der Waals surface area contributed by atoms with E-state index in [0.29, 0.717) is 6.54 Å². The van der Waals surface area contributed by atoms with Crippen LogP contribution in [0.15, 0.2) is 23.6 Å². The van der Waals surface area contributed by atoms with Crippen molar-refractivity contribution in [3.05, 3.63) is 34.2 Å². The van der Waals surface area contributed by atoms with Gasteiger partial charge < -0.3 is 4.74 Å². The minimum atomic E-state index is -3.23. The smallest absolute Gasteiger partial charge is 0.232 e. The number of morpholine rings is 1. The Kier molecular flexibility index (Phi) is 5.00. The molecule has 1 aromatic carbocycles. The van der Waals surface area contributed by atoms with Crippen LogP contribution in [-0.4, -0.2) is 57.4 Å². The second-order valence-electron chi connectivity index (χ2n) is 6.80. The number of anilines is 1. The maximum Gasteiger partial charge on any atom is 0.232 e. The molecule has 2 aromatic rings. The number of aryl methyl sites for hydroxylation is 1. The molecule has 26 heavy (non-hydrogen) atoms. The van der Waals surface area contributed by atoms with Gasteiger partial charge >= 0.3 is 0 Å². The van der Waals surface area contributed by atoms with Gasteiger partial charge in [-0.05, 0) is 30.5 Å². The fourth-order valence-corrected chi connectivity index (χ4v) is 5.37. The average molecular weight is 394 g/mol. The fraction of sp³-hybridized carbons (Fsp3) is 0.500. The molecule has 8 heteroatoms. The third kappa shape index (κ3) is 3.78. The van der Waals surface area contributed by atoms with E-state index in [4.69, 9.17) is 9.72 Å². The molecule has 4 rings (SSSR count). The maximum atomic E-state index is 12.0. The predicted octanol–water partition coefficient (Wildman–Crippen LogP) is 2.35. The molecule has 0 aliphatic carbocycles. The highest BCUT2D eigenvalue weighted by Crippen LogP contribution is 2.33. The Morgan fingerprint density at radius 3 is 2.81 bits per heavy atom. The van der Waals surface area contributed by atoms with Gasteiger partial charge in [0.2, 0.25) is 10.0 Å². The number of aromatic nitrogens is 1. The van der Waals surface area contributed by atoms with Gasteiger partial charge in [-0.25, -0.2) is 13.4 Å². The van der Waals surface area contributed by atoms with E-state index >= 15 is 0 Å². The van der Waals surface area contributed by atoms with Crippen molar-refractivity contribution in [1.82, 2.24) is 9.88 Å². The molecule has 0 saturated carbocycles. The lowest BCUT2D eigenvalue weighted by Gasteiger charge is -2.29. The molecule has 3 heterocycles. The van der Waals surface area contributed by atoms with Crippen LogP contribution in [-0.2, 0) is 27.7 Å². The Morgan fingerprint density at radius 1 is 1.23 bits per heavy atom. The van der Waals surface area contributed by atoms with Crippen LogP contribution < -0.4 is 4.31 Å². The zero-order chi connectivity index (χ0) is 18.1. The summed E-state index contributed by atoms with van der Waals surface area (Å²) in [6.07, 6.45) is 3.02. The van der Waals surface area contributed by atoms with Crippen molar-refractivity contribution < 1.29 is 13.2 Å². The van der Waals surface area contributed by atoms with Crippen molar-refractivity contribution in [2.24, 2.45) is 0 Å². The van der Waals surface area contributed by atoms with Crippen molar-refractivity contribution >= 4 is 27.0 Å². The van der Waals surface area contributed by atoms with Crippen LogP contribution in [0.2, 0.25) is 0 Å². The highest BCUT2D eigenvalue weighted by molar-refractivity contribution is 7.92. The van der Waals surface area contributed by atoms with Gasteiger partial charge in [-0.1, -0.05) is 6.07 Å². The summed E-state index contributed by atoms with van der Waals surface area (Å²) in [4.78, 5) is 7.16. The summed E-state index contributed by atoms with van der Waals surface area (Å²) in [5.41, 5.74) is 3.93. The van der Waals surface area contributed by atoms with Crippen molar-refractivity contribution in [2.75, 3.05) is 43.4 Å². The van der Waals surface area contributed by atoms with Gasteiger partial charge in [-0.15, -0.1) is 11.3 Å². The average Bonchev–Trinajstić information content (AvgIpc) is 3.09. The van der Waals surface area contributed by atoms with Gasteiger partial charge in [-0.3, -0.25) is 9.21 Å². The predicted molar refractivity (Wildman–Crippen MR) is 104 cm³/mol. The van der Waals surface area contributed by atoms with E-state index < -0.39 is 10.0 Å². The minimum Gasteiger partial charge on any atom is -0.379 e. The lowest BCUT2D eigenvalue weighted by Crippen LogP contribution is -2.35. The molecule has 6 nitrogen and oxygen atoms in total. The molecule has 0 atom stereocenters. The van der Waals surface area contributed by atoms with Gasteiger partial charge in [0.15, 0.2) is 0 Å². The summed E-state index contributed by atoms with van der Waals surface area (Å²) in [7, 11) is -3.23. The first-order valence-electron chi connectivity index (χ1n) is 8.86. The van der Waals surface area contributed by atoms with Crippen molar-refractivity contribution in [1.29, 1.82) is 0 Å². The van der Waals surface area contributed by atoms with E-state index in [1.807, 2.05) is 12.1 Å². The number of hydrogen-bond acceptors (Lipinski definition) is 6. The topological polar surface area (TPSA) is 62.7 Å². The highest BCUT2D eigenvalue weighted by Gasteiger charge is 2.24. The molecule has 1 aromatic heterocycles. The first-order chi connectivity index (χ1) is 12.5. The molecular weight excluding hydrogens is 370 g/mol. The first-order valence-corrected chi connectivity index (χ1v) is 11.6. The normalized spacial score (nSPS) is 18.7. The summed E-state index contributed by atoms with van der Waals surface area (Å²) in [5, 5.41) is 3.20. The number of rotatable bonds is 4. The van der Waals surface area contributed by atoms with E-state index in [2.05, 4.69) is 16.3 Å². The van der Waals surface area contributed by atoms with Crippen LogP contribution in [0.25, 0.3) is 11.3 Å². The molecule has 0 N–H and O–H groups in total. The zero-order valence-corrected chi connectivity index (χ0v) is 16.5. The molecule has 0 unspecified atom stereocenters. The largest absolute Gasteiger partial charge is 0.379 e.